The Bertz CT molecular complexity index is 715. The van der Waals surface area contributed by atoms with Crippen molar-refractivity contribution in [3.05, 3.63) is 0 Å². The van der Waals surface area contributed by atoms with E-state index in [4.69, 9.17) is 21.7 Å². The lowest BCUT2D eigenvalue weighted by atomic mass is 9.99. The molecule has 10 N–H and O–H groups in total. The van der Waals surface area contributed by atoms with Crippen molar-refractivity contribution in [2.75, 3.05) is 6.61 Å². The number of nitrogens with two attached hydrogens (primary N) is 2. The summed E-state index contributed by atoms with van der Waals surface area (Å²) in [6.45, 7) is 2.67. The van der Waals surface area contributed by atoms with Gasteiger partial charge in [-0.05, 0) is 12.3 Å². The van der Waals surface area contributed by atoms with Crippen LogP contribution in [0, 0.1) is 5.92 Å². The molecular formula is C18H31N5O9. The minimum Gasteiger partial charge on any atom is -0.481 e. The molecule has 0 heterocycles. The average molecular weight is 461 g/mol. The van der Waals surface area contributed by atoms with Crippen LogP contribution >= 0.6 is 0 Å². The van der Waals surface area contributed by atoms with Gasteiger partial charge in [0.05, 0.1) is 19.1 Å². The van der Waals surface area contributed by atoms with Crippen molar-refractivity contribution in [2.45, 2.75) is 63.7 Å². The van der Waals surface area contributed by atoms with Gasteiger partial charge in [0.15, 0.2) is 0 Å². The van der Waals surface area contributed by atoms with E-state index in [0.29, 0.717) is 6.42 Å². The lowest BCUT2D eigenvalue weighted by molar-refractivity contribution is -0.143. The Labute approximate surface area is 184 Å². The summed E-state index contributed by atoms with van der Waals surface area (Å²) < 4.78 is 0. The van der Waals surface area contributed by atoms with Crippen molar-refractivity contribution < 1.29 is 44.1 Å². The maximum atomic E-state index is 12.4. The number of hydrogen-bond acceptors (Lipinski definition) is 8. The summed E-state index contributed by atoms with van der Waals surface area (Å²) >= 11 is 0. The number of primary amides is 1. The largest absolute Gasteiger partial charge is 0.481 e. The smallest absolute Gasteiger partial charge is 0.326 e. The number of carboxylic acid groups (broad SMARTS) is 2. The Morgan fingerprint density at radius 3 is 1.81 bits per heavy atom. The van der Waals surface area contributed by atoms with Crippen molar-refractivity contribution in [2.24, 2.45) is 17.4 Å². The molecule has 0 saturated carbocycles. The second kappa shape index (κ2) is 13.9. The monoisotopic (exact) mass is 461 g/mol. The molecule has 32 heavy (non-hydrogen) atoms. The number of hydrogen-bond donors (Lipinski definition) is 8. The topological polar surface area (TPSA) is 251 Å². The van der Waals surface area contributed by atoms with Crippen molar-refractivity contribution in [3.8, 4) is 0 Å². The van der Waals surface area contributed by atoms with Gasteiger partial charge in [-0.1, -0.05) is 20.3 Å². The fraction of sp³-hybridized carbons (Fsp3) is 0.667. The number of carboxylic acids is 2. The number of aliphatic hydroxyl groups excluding tert-OH is 1. The molecule has 0 spiro atoms. The standard InChI is InChI=1S/C18H31N5O9/c1-3-8(2)14(20)17(30)23-11(7-24)16(29)22-10(6-12(19)25)15(28)21-9(18(31)32)4-5-13(26)27/h8-11,14,24H,3-7,20H2,1-2H3,(H2,19,25)(H,21,28)(H,22,29)(H,23,30)(H,26,27)(H,31,32). The van der Waals surface area contributed by atoms with Crippen LogP contribution in [0.2, 0.25) is 0 Å². The molecule has 0 saturated heterocycles. The Hall–Kier alpha value is -3.26. The zero-order chi connectivity index (χ0) is 25.0. The van der Waals surface area contributed by atoms with E-state index in [1.807, 2.05) is 12.2 Å². The third kappa shape index (κ3) is 10.2. The minimum absolute atomic E-state index is 0.218. The Balaban J connectivity index is 5.33. The predicted molar refractivity (Wildman–Crippen MR) is 109 cm³/mol. The Morgan fingerprint density at radius 1 is 0.875 bits per heavy atom. The first-order valence-electron chi connectivity index (χ1n) is 9.84. The van der Waals surface area contributed by atoms with Crippen LogP contribution in [0.3, 0.4) is 0 Å². The molecule has 0 aromatic carbocycles. The van der Waals surface area contributed by atoms with E-state index >= 15 is 0 Å². The van der Waals surface area contributed by atoms with Gasteiger partial charge in [0, 0.05) is 6.42 Å². The summed E-state index contributed by atoms with van der Waals surface area (Å²) in [5, 5.41) is 33.7. The molecule has 5 atom stereocenters. The summed E-state index contributed by atoms with van der Waals surface area (Å²) in [6, 6.07) is -5.71. The van der Waals surface area contributed by atoms with E-state index < -0.39 is 85.6 Å². The third-order valence-electron chi connectivity index (χ3n) is 4.68. The number of amides is 4. The van der Waals surface area contributed by atoms with Crippen LogP contribution in [-0.4, -0.2) is 81.7 Å². The van der Waals surface area contributed by atoms with Crippen molar-refractivity contribution in [1.82, 2.24) is 16.0 Å². The second-order valence-electron chi connectivity index (χ2n) is 7.22. The second-order valence-corrected chi connectivity index (χ2v) is 7.22. The van der Waals surface area contributed by atoms with Crippen LogP contribution in [0.5, 0.6) is 0 Å². The van der Waals surface area contributed by atoms with Gasteiger partial charge in [0.1, 0.15) is 18.1 Å². The predicted octanol–water partition coefficient (Wildman–Crippen LogP) is -3.37. The van der Waals surface area contributed by atoms with Gasteiger partial charge in [-0.2, -0.15) is 0 Å². The number of aliphatic carboxylic acids is 2. The maximum Gasteiger partial charge on any atom is 0.326 e. The van der Waals surface area contributed by atoms with E-state index in [9.17, 15) is 33.9 Å². The SMILES string of the molecule is CCC(C)C(N)C(=O)NC(CO)C(=O)NC(CC(N)=O)C(=O)NC(CCC(=O)O)C(=O)O. The van der Waals surface area contributed by atoms with Crippen LogP contribution < -0.4 is 27.4 Å². The van der Waals surface area contributed by atoms with Gasteiger partial charge < -0.3 is 42.7 Å². The highest BCUT2D eigenvalue weighted by molar-refractivity contribution is 5.96. The van der Waals surface area contributed by atoms with Gasteiger partial charge in [-0.3, -0.25) is 24.0 Å². The highest BCUT2D eigenvalue weighted by Crippen LogP contribution is 2.06. The van der Waals surface area contributed by atoms with Crippen molar-refractivity contribution in [1.29, 1.82) is 0 Å². The van der Waals surface area contributed by atoms with Gasteiger partial charge in [0.25, 0.3) is 0 Å². The fourth-order valence-electron chi connectivity index (χ4n) is 2.45. The lowest BCUT2D eigenvalue weighted by Gasteiger charge is -2.24. The van der Waals surface area contributed by atoms with Crippen molar-refractivity contribution in [3.63, 3.8) is 0 Å². The van der Waals surface area contributed by atoms with Gasteiger partial charge in [0.2, 0.25) is 23.6 Å². The van der Waals surface area contributed by atoms with Crippen LogP contribution in [0.1, 0.15) is 39.5 Å². The van der Waals surface area contributed by atoms with Crippen molar-refractivity contribution >= 4 is 35.6 Å². The first-order chi connectivity index (χ1) is 14.8. The zero-order valence-electron chi connectivity index (χ0n) is 17.9. The Morgan fingerprint density at radius 2 is 1.38 bits per heavy atom. The highest BCUT2D eigenvalue weighted by Gasteiger charge is 2.31. The molecule has 14 nitrogen and oxygen atoms in total. The average Bonchev–Trinajstić information content (AvgIpc) is 2.71. The van der Waals surface area contributed by atoms with E-state index in [-0.39, 0.29) is 5.92 Å². The number of carbonyl (C=O) groups excluding carboxylic acids is 4. The molecule has 0 radical (unpaired) electrons. The summed E-state index contributed by atoms with van der Waals surface area (Å²) in [7, 11) is 0. The first kappa shape index (κ1) is 28.7. The molecule has 0 aromatic heterocycles. The summed E-state index contributed by atoms with van der Waals surface area (Å²) in [4.78, 5) is 70.3. The highest BCUT2D eigenvalue weighted by atomic mass is 16.4. The van der Waals surface area contributed by atoms with E-state index in [0.717, 1.165) is 0 Å². The molecule has 0 aliphatic rings. The minimum atomic E-state index is -1.64. The number of nitrogens with one attached hydrogen (secondary N) is 3. The van der Waals surface area contributed by atoms with Gasteiger partial charge in [-0.25, -0.2) is 4.79 Å². The number of carbonyl (C=O) groups is 6. The molecule has 182 valence electrons. The van der Waals surface area contributed by atoms with Crippen LogP contribution in [-0.2, 0) is 28.8 Å². The molecule has 0 rings (SSSR count). The molecule has 0 aromatic rings. The molecule has 5 unspecified atom stereocenters. The van der Waals surface area contributed by atoms with E-state index in [1.54, 1.807) is 6.92 Å². The van der Waals surface area contributed by atoms with Crippen LogP contribution in [0.15, 0.2) is 0 Å². The van der Waals surface area contributed by atoms with Gasteiger partial charge in [-0.15, -0.1) is 0 Å². The summed E-state index contributed by atoms with van der Waals surface area (Å²) in [5.74, 6) is -6.92. The molecule has 0 aliphatic heterocycles. The van der Waals surface area contributed by atoms with E-state index in [2.05, 4.69) is 10.6 Å². The van der Waals surface area contributed by atoms with Crippen LogP contribution in [0.25, 0.3) is 0 Å². The van der Waals surface area contributed by atoms with E-state index in [1.165, 1.54) is 0 Å². The molecule has 0 bridgehead atoms. The quantitative estimate of drug-likeness (QED) is 0.120. The lowest BCUT2D eigenvalue weighted by Crippen LogP contribution is -2.59. The first-order valence-corrected chi connectivity index (χ1v) is 9.84. The summed E-state index contributed by atoms with van der Waals surface area (Å²) in [5.41, 5.74) is 10.8. The maximum absolute atomic E-state index is 12.4. The number of rotatable bonds is 15. The van der Waals surface area contributed by atoms with Gasteiger partial charge >= 0.3 is 11.9 Å². The molecule has 4 amide bonds. The Kier molecular flexibility index (Phi) is 12.5. The molecule has 0 aliphatic carbocycles. The zero-order valence-corrected chi connectivity index (χ0v) is 17.9. The normalized spacial score (nSPS) is 15.4. The fourth-order valence-corrected chi connectivity index (χ4v) is 2.45. The van der Waals surface area contributed by atoms with Crippen LogP contribution in [0.4, 0.5) is 0 Å². The molecule has 14 heteroatoms. The number of aliphatic hydroxyl groups is 1. The molecular weight excluding hydrogens is 430 g/mol. The molecule has 0 fully saturated rings. The third-order valence-corrected chi connectivity index (χ3v) is 4.68. The summed E-state index contributed by atoms with van der Waals surface area (Å²) in [6.07, 6.45) is -1.14.